The largest absolute Gasteiger partial charge is 0.388 e. The van der Waals surface area contributed by atoms with Crippen LogP contribution in [0.3, 0.4) is 0 Å². The molecule has 1 amide bonds. The second-order valence-corrected chi connectivity index (χ2v) is 4.64. The molecule has 18 heavy (non-hydrogen) atoms. The number of amides is 1. The summed E-state index contributed by atoms with van der Waals surface area (Å²) >= 11 is 0. The van der Waals surface area contributed by atoms with Crippen molar-refractivity contribution in [2.75, 3.05) is 24.5 Å². The van der Waals surface area contributed by atoms with Gasteiger partial charge in [0.2, 0.25) is 5.91 Å². The highest BCUT2D eigenvalue weighted by atomic mass is 16.3. The van der Waals surface area contributed by atoms with Crippen LogP contribution >= 0.6 is 0 Å². The molecule has 0 aliphatic carbocycles. The number of carbonyl (C=O) groups excluding carboxylic acids is 1. The normalized spacial score (nSPS) is 18.1. The molecule has 0 bridgehead atoms. The smallest absolute Gasteiger partial charge is 0.239 e. The molecular formula is C14H20N2O2. The molecule has 1 aromatic rings. The van der Waals surface area contributed by atoms with Gasteiger partial charge in [-0.3, -0.25) is 4.79 Å². The topological polar surface area (TPSA) is 52.6 Å². The van der Waals surface area contributed by atoms with E-state index < -0.39 is 6.10 Å². The maximum atomic E-state index is 11.5. The molecule has 1 aliphatic heterocycles. The number of rotatable bonds is 3. The summed E-state index contributed by atoms with van der Waals surface area (Å²) in [7, 11) is 0. The van der Waals surface area contributed by atoms with Gasteiger partial charge in [-0.1, -0.05) is 19.1 Å². The third-order valence-corrected chi connectivity index (χ3v) is 3.29. The highest BCUT2D eigenvalue weighted by Gasteiger charge is 2.15. The van der Waals surface area contributed by atoms with Gasteiger partial charge in [-0.2, -0.15) is 0 Å². The van der Waals surface area contributed by atoms with Crippen LogP contribution in [0.2, 0.25) is 0 Å². The van der Waals surface area contributed by atoms with Gasteiger partial charge in [0.05, 0.1) is 12.6 Å². The fourth-order valence-corrected chi connectivity index (χ4v) is 2.17. The van der Waals surface area contributed by atoms with E-state index in [1.807, 2.05) is 31.2 Å². The molecule has 1 fully saturated rings. The Hall–Kier alpha value is -1.55. The standard InChI is InChI=1S/C14H20N2O2/c1-2-13(17)11-4-6-12(7-5-11)16-9-3-8-15-14(18)10-16/h4-7,13,17H,2-3,8-10H2,1H3,(H,15,18). The van der Waals surface area contributed by atoms with E-state index in [1.54, 1.807) is 0 Å². The van der Waals surface area contributed by atoms with Crippen molar-refractivity contribution in [1.29, 1.82) is 0 Å². The Morgan fingerprint density at radius 2 is 2.11 bits per heavy atom. The second-order valence-electron chi connectivity index (χ2n) is 4.64. The molecule has 0 saturated carbocycles. The van der Waals surface area contributed by atoms with Gasteiger partial charge in [-0.05, 0) is 30.5 Å². The highest BCUT2D eigenvalue weighted by Crippen LogP contribution is 2.21. The van der Waals surface area contributed by atoms with Crippen molar-refractivity contribution in [3.63, 3.8) is 0 Å². The van der Waals surface area contributed by atoms with Gasteiger partial charge in [-0.15, -0.1) is 0 Å². The minimum Gasteiger partial charge on any atom is -0.388 e. The number of aliphatic hydroxyl groups is 1. The second kappa shape index (κ2) is 5.87. The number of carbonyl (C=O) groups is 1. The summed E-state index contributed by atoms with van der Waals surface area (Å²) in [5.74, 6) is 0.0742. The molecule has 4 nitrogen and oxygen atoms in total. The molecule has 98 valence electrons. The molecule has 1 saturated heterocycles. The quantitative estimate of drug-likeness (QED) is 0.851. The third-order valence-electron chi connectivity index (χ3n) is 3.29. The Morgan fingerprint density at radius 1 is 1.39 bits per heavy atom. The van der Waals surface area contributed by atoms with Crippen LogP contribution < -0.4 is 10.2 Å². The predicted molar refractivity (Wildman–Crippen MR) is 71.5 cm³/mol. The monoisotopic (exact) mass is 248 g/mol. The minimum atomic E-state index is -0.397. The molecule has 2 rings (SSSR count). The first kappa shape index (κ1) is 12.9. The first-order chi connectivity index (χ1) is 8.70. The fourth-order valence-electron chi connectivity index (χ4n) is 2.17. The number of hydrogen-bond donors (Lipinski definition) is 2. The van der Waals surface area contributed by atoms with E-state index in [9.17, 15) is 9.90 Å². The van der Waals surface area contributed by atoms with E-state index in [1.165, 1.54) is 0 Å². The van der Waals surface area contributed by atoms with E-state index in [4.69, 9.17) is 0 Å². The molecule has 1 aliphatic rings. The van der Waals surface area contributed by atoms with Crippen LogP contribution in [0.4, 0.5) is 5.69 Å². The van der Waals surface area contributed by atoms with Gasteiger partial charge in [0.1, 0.15) is 0 Å². The van der Waals surface area contributed by atoms with E-state index in [0.717, 1.165) is 30.8 Å². The average Bonchev–Trinajstić information content (AvgIpc) is 2.63. The SMILES string of the molecule is CCC(O)c1ccc(N2CCCNC(=O)C2)cc1. The van der Waals surface area contributed by atoms with E-state index in [-0.39, 0.29) is 5.91 Å². The molecule has 1 aromatic carbocycles. The number of benzene rings is 1. The third kappa shape index (κ3) is 3.01. The Kier molecular flexibility index (Phi) is 4.20. The lowest BCUT2D eigenvalue weighted by atomic mass is 10.1. The van der Waals surface area contributed by atoms with E-state index >= 15 is 0 Å². The molecule has 1 atom stereocenters. The van der Waals surface area contributed by atoms with Crippen LogP contribution in [0.15, 0.2) is 24.3 Å². The zero-order chi connectivity index (χ0) is 13.0. The number of nitrogens with one attached hydrogen (secondary N) is 1. The van der Waals surface area contributed by atoms with Crippen LogP contribution in [0, 0.1) is 0 Å². The Bertz CT molecular complexity index is 403. The zero-order valence-corrected chi connectivity index (χ0v) is 10.7. The maximum Gasteiger partial charge on any atom is 0.239 e. The number of hydrogen-bond acceptors (Lipinski definition) is 3. The zero-order valence-electron chi connectivity index (χ0n) is 10.7. The Labute approximate surface area is 108 Å². The van der Waals surface area contributed by atoms with E-state index in [2.05, 4.69) is 10.2 Å². The van der Waals surface area contributed by atoms with Gasteiger partial charge >= 0.3 is 0 Å². The van der Waals surface area contributed by atoms with Gasteiger partial charge in [0.15, 0.2) is 0 Å². The average molecular weight is 248 g/mol. The Balaban J connectivity index is 2.10. The van der Waals surface area contributed by atoms with Crippen molar-refractivity contribution >= 4 is 11.6 Å². The number of anilines is 1. The molecule has 2 N–H and O–H groups in total. The van der Waals surface area contributed by atoms with Crippen LogP contribution in [0.5, 0.6) is 0 Å². The van der Waals surface area contributed by atoms with Crippen LogP contribution in [0.25, 0.3) is 0 Å². The van der Waals surface area contributed by atoms with Crippen molar-refractivity contribution in [3.8, 4) is 0 Å². The number of nitrogens with zero attached hydrogens (tertiary/aromatic N) is 1. The summed E-state index contributed by atoms with van der Waals surface area (Å²) < 4.78 is 0. The molecular weight excluding hydrogens is 228 g/mol. The summed E-state index contributed by atoms with van der Waals surface area (Å²) in [6.07, 6.45) is 1.28. The molecule has 4 heteroatoms. The van der Waals surface area contributed by atoms with Crippen molar-refractivity contribution in [3.05, 3.63) is 29.8 Å². The molecule has 0 spiro atoms. The van der Waals surface area contributed by atoms with Gasteiger partial charge < -0.3 is 15.3 Å². The Morgan fingerprint density at radius 3 is 2.78 bits per heavy atom. The summed E-state index contributed by atoms with van der Waals surface area (Å²) in [6.45, 7) is 4.00. The number of aliphatic hydroxyl groups excluding tert-OH is 1. The predicted octanol–water partition coefficient (Wildman–Crippen LogP) is 1.46. The van der Waals surface area contributed by atoms with E-state index in [0.29, 0.717) is 13.0 Å². The van der Waals surface area contributed by atoms with Gasteiger partial charge in [0.25, 0.3) is 0 Å². The van der Waals surface area contributed by atoms with Crippen molar-refractivity contribution in [1.82, 2.24) is 5.32 Å². The van der Waals surface area contributed by atoms with Crippen molar-refractivity contribution in [2.24, 2.45) is 0 Å². The molecule has 1 heterocycles. The van der Waals surface area contributed by atoms with Crippen LogP contribution in [-0.2, 0) is 4.79 Å². The molecule has 0 radical (unpaired) electrons. The summed E-state index contributed by atoms with van der Waals surface area (Å²) in [4.78, 5) is 13.6. The first-order valence-corrected chi connectivity index (χ1v) is 6.50. The lowest BCUT2D eigenvalue weighted by Crippen LogP contribution is -2.32. The van der Waals surface area contributed by atoms with Crippen molar-refractivity contribution < 1.29 is 9.90 Å². The van der Waals surface area contributed by atoms with Gasteiger partial charge in [0, 0.05) is 18.8 Å². The van der Waals surface area contributed by atoms with Crippen LogP contribution in [0.1, 0.15) is 31.4 Å². The summed E-state index contributed by atoms with van der Waals surface area (Å²) in [6, 6.07) is 7.83. The van der Waals surface area contributed by atoms with Crippen LogP contribution in [-0.4, -0.2) is 30.6 Å². The van der Waals surface area contributed by atoms with Gasteiger partial charge in [-0.25, -0.2) is 0 Å². The lowest BCUT2D eigenvalue weighted by Gasteiger charge is -2.21. The minimum absolute atomic E-state index is 0.0742. The van der Waals surface area contributed by atoms with Crippen molar-refractivity contribution in [2.45, 2.75) is 25.9 Å². The fraction of sp³-hybridized carbons (Fsp3) is 0.500. The molecule has 0 aromatic heterocycles. The molecule has 1 unspecified atom stereocenters. The summed E-state index contributed by atoms with van der Waals surface area (Å²) in [5.41, 5.74) is 1.97. The maximum absolute atomic E-state index is 11.5. The highest BCUT2D eigenvalue weighted by molar-refractivity contribution is 5.81. The summed E-state index contributed by atoms with van der Waals surface area (Å²) in [5, 5.41) is 12.6. The first-order valence-electron chi connectivity index (χ1n) is 6.50. The lowest BCUT2D eigenvalue weighted by molar-refractivity contribution is -0.119.